The molecule has 0 bridgehead atoms. The number of carbonyl (C=O) groups is 2. The summed E-state index contributed by atoms with van der Waals surface area (Å²) < 4.78 is 6.09. The van der Waals surface area contributed by atoms with Crippen LogP contribution in [0.3, 0.4) is 0 Å². The number of carboxylic acids is 1. The van der Waals surface area contributed by atoms with Gasteiger partial charge in [-0.15, -0.1) is 11.3 Å². The minimum Gasteiger partial charge on any atom is -0.477 e. The van der Waals surface area contributed by atoms with Gasteiger partial charge in [0.1, 0.15) is 11.0 Å². The second kappa shape index (κ2) is 11.7. The Bertz CT molecular complexity index is 1240. The van der Waals surface area contributed by atoms with Gasteiger partial charge in [0.2, 0.25) is 11.8 Å². The summed E-state index contributed by atoms with van der Waals surface area (Å²) >= 11 is 1.16. The van der Waals surface area contributed by atoms with Gasteiger partial charge in [0.05, 0.1) is 10.6 Å². The van der Waals surface area contributed by atoms with Gasteiger partial charge in [0.25, 0.3) is 0 Å². The Kier molecular flexibility index (Phi) is 8.62. The zero-order valence-electron chi connectivity index (χ0n) is 23.0. The molecular weight excluding hydrogens is 496 g/mol. The highest BCUT2D eigenvalue weighted by Gasteiger charge is 2.39. The number of thiophene rings is 1. The molecule has 2 aromatic rings. The maximum absolute atomic E-state index is 14.2. The van der Waals surface area contributed by atoms with Gasteiger partial charge in [0, 0.05) is 29.6 Å². The van der Waals surface area contributed by atoms with Crippen molar-refractivity contribution in [2.45, 2.75) is 85.3 Å². The molecule has 1 N–H and O–H groups in total. The van der Waals surface area contributed by atoms with Crippen LogP contribution in [0.5, 0.6) is 5.88 Å². The van der Waals surface area contributed by atoms with Crippen molar-refractivity contribution in [2.24, 2.45) is 17.3 Å². The van der Waals surface area contributed by atoms with Crippen molar-refractivity contribution in [1.82, 2.24) is 4.98 Å². The van der Waals surface area contributed by atoms with Crippen molar-refractivity contribution in [3.63, 3.8) is 0 Å². The Morgan fingerprint density at radius 3 is 2.53 bits per heavy atom. The zero-order valence-corrected chi connectivity index (χ0v) is 23.8. The lowest BCUT2D eigenvalue weighted by molar-refractivity contribution is -0.124. The molecule has 2 atom stereocenters. The van der Waals surface area contributed by atoms with Gasteiger partial charge in [-0.1, -0.05) is 36.5 Å². The Morgan fingerprint density at radius 1 is 1.18 bits per heavy atom. The summed E-state index contributed by atoms with van der Waals surface area (Å²) in [6, 6.07) is 7.33. The number of allylic oxidation sites excluding steroid dienone is 2. The van der Waals surface area contributed by atoms with Crippen molar-refractivity contribution in [3.8, 4) is 17.7 Å². The van der Waals surface area contributed by atoms with Gasteiger partial charge < -0.3 is 14.7 Å². The Morgan fingerprint density at radius 2 is 1.92 bits per heavy atom. The zero-order chi connectivity index (χ0) is 27.4. The van der Waals surface area contributed by atoms with Crippen LogP contribution in [0.25, 0.3) is 0 Å². The molecule has 1 amide bonds. The van der Waals surface area contributed by atoms with Gasteiger partial charge in [-0.2, -0.15) is 0 Å². The number of anilines is 1. The largest absolute Gasteiger partial charge is 0.477 e. The normalized spacial score (nSPS) is 23.6. The van der Waals surface area contributed by atoms with E-state index >= 15 is 0 Å². The molecule has 0 aromatic carbocycles. The van der Waals surface area contributed by atoms with E-state index in [4.69, 9.17) is 4.74 Å². The van der Waals surface area contributed by atoms with Crippen LogP contribution in [-0.4, -0.2) is 34.1 Å². The molecule has 4 rings (SSSR count). The molecule has 2 aromatic heterocycles. The fourth-order valence-corrected chi connectivity index (χ4v) is 6.19. The number of pyridine rings is 1. The topological polar surface area (TPSA) is 79.7 Å². The van der Waals surface area contributed by atoms with Gasteiger partial charge in [0.15, 0.2) is 0 Å². The van der Waals surface area contributed by atoms with Crippen molar-refractivity contribution in [3.05, 3.63) is 51.9 Å². The molecule has 0 unspecified atom stereocenters. The monoisotopic (exact) mass is 534 g/mol. The van der Waals surface area contributed by atoms with E-state index in [-0.39, 0.29) is 40.2 Å². The molecule has 38 heavy (non-hydrogen) atoms. The third-order valence-electron chi connectivity index (χ3n) is 7.27. The van der Waals surface area contributed by atoms with Gasteiger partial charge in [-0.3, -0.25) is 4.79 Å². The molecule has 2 heterocycles. The minimum atomic E-state index is -1.02. The van der Waals surface area contributed by atoms with Gasteiger partial charge >= 0.3 is 5.97 Å². The summed E-state index contributed by atoms with van der Waals surface area (Å²) in [5.41, 5.74) is 1.58. The number of hydrogen-bond donors (Lipinski definition) is 1. The molecule has 6 nitrogen and oxygen atoms in total. The van der Waals surface area contributed by atoms with Crippen LogP contribution in [0.1, 0.15) is 87.7 Å². The van der Waals surface area contributed by atoms with Crippen LogP contribution >= 0.6 is 11.3 Å². The predicted molar refractivity (Wildman–Crippen MR) is 152 cm³/mol. The fraction of sp³-hybridized carbons (Fsp3) is 0.516. The van der Waals surface area contributed by atoms with E-state index in [1.165, 1.54) is 5.57 Å². The first kappa shape index (κ1) is 27.9. The Balaban J connectivity index is 1.65. The number of aromatic nitrogens is 1. The number of hydrogen-bond acceptors (Lipinski definition) is 5. The quantitative estimate of drug-likeness (QED) is 0.320. The highest BCUT2D eigenvalue weighted by atomic mass is 32.1. The minimum absolute atomic E-state index is 0.0194. The molecule has 0 saturated heterocycles. The molecule has 0 aliphatic heterocycles. The van der Waals surface area contributed by atoms with E-state index < -0.39 is 5.97 Å². The summed E-state index contributed by atoms with van der Waals surface area (Å²) in [7, 11) is 0. The first-order valence-electron chi connectivity index (χ1n) is 13.5. The molecule has 7 heteroatoms. The summed E-state index contributed by atoms with van der Waals surface area (Å²) in [5, 5.41) is 10.1. The molecule has 0 spiro atoms. The molecule has 2 aliphatic carbocycles. The number of rotatable bonds is 6. The Labute approximate surface area is 230 Å². The van der Waals surface area contributed by atoms with E-state index in [0.717, 1.165) is 43.4 Å². The van der Waals surface area contributed by atoms with E-state index in [1.54, 1.807) is 6.20 Å². The van der Waals surface area contributed by atoms with E-state index in [9.17, 15) is 14.7 Å². The first-order chi connectivity index (χ1) is 18.0. The van der Waals surface area contributed by atoms with E-state index in [1.807, 2.05) is 49.9 Å². The summed E-state index contributed by atoms with van der Waals surface area (Å²) in [6.07, 6.45) is 8.47. The smallest absolute Gasteiger partial charge is 0.348 e. The molecular formula is C31H38N2O4S. The van der Waals surface area contributed by atoms with Crippen molar-refractivity contribution in [2.75, 3.05) is 4.90 Å². The molecule has 2 aliphatic rings. The number of aromatic carboxylic acids is 1. The number of amides is 1. The standard InChI is InChI=1S/C31H38N2O4S/c1-20-9-14-25(21(2)18-20)29(34)33(22-10-12-23(13-11-22)37-27-8-6-7-17-32-27)26-19-24(15-16-31(3,4)5)38-28(26)30(35)36/h6-9,17,19,21-23,25H,10-14,18H2,1-5H3,(H,35,36)/t21-,22-,23-,25-/m0/s1. The van der Waals surface area contributed by atoms with E-state index in [2.05, 4.69) is 36.7 Å². The highest BCUT2D eigenvalue weighted by Crippen LogP contribution is 2.39. The van der Waals surface area contributed by atoms with Crippen LogP contribution in [0, 0.1) is 29.1 Å². The lowest BCUT2D eigenvalue weighted by atomic mass is 9.79. The van der Waals surface area contributed by atoms with Crippen molar-refractivity contribution < 1.29 is 19.4 Å². The molecule has 202 valence electrons. The number of ether oxygens (including phenoxy) is 1. The van der Waals surface area contributed by atoms with Crippen molar-refractivity contribution >= 4 is 28.9 Å². The van der Waals surface area contributed by atoms with Gasteiger partial charge in [-0.05, 0) is 84.3 Å². The lowest BCUT2D eigenvalue weighted by Gasteiger charge is -2.40. The van der Waals surface area contributed by atoms with E-state index in [0.29, 0.717) is 22.9 Å². The molecule has 0 radical (unpaired) electrons. The van der Waals surface area contributed by atoms with Crippen LogP contribution in [-0.2, 0) is 4.79 Å². The third kappa shape index (κ3) is 6.85. The SMILES string of the molecule is CC1=CC[C@H](C(=O)N(c2cc(C#CC(C)(C)C)sc2C(=O)O)[C@H]2CC[C@H](Oc3ccccn3)CC2)[C@@H](C)C1. The van der Waals surface area contributed by atoms with Crippen LogP contribution in [0.4, 0.5) is 5.69 Å². The summed E-state index contributed by atoms with van der Waals surface area (Å²) in [5.74, 6) is 5.99. The summed E-state index contributed by atoms with van der Waals surface area (Å²) in [6.45, 7) is 10.3. The maximum atomic E-state index is 14.2. The lowest BCUT2D eigenvalue weighted by Crippen LogP contribution is -2.48. The summed E-state index contributed by atoms with van der Waals surface area (Å²) in [4.78, 5) is 33.5. The molecule has 1 saturated carbocycles. The Hall–Kier alpha value is -3.11. The fourth-order valence-electron chi connectivity index (χ4n) is 5.35. The second-order valence-corrected chi connectivity index (χ2v) is 12.7. The maximum Gasteiger partial charge on any atom is 0.348 e. The number of carbonyl (C=O) groups excluding carboxylic acids is 1. The predicted octanol–water partition coefficient (Wildman–Crippen LogP) is 6.95. The average Bonchev–Trinajstić information content (AvgIpc) is 3.28. The molecule has 1 fully saturated rings. The highest BCUT2D eigenvalue weighted by molar-refractivity contribution is 7.15. The van der Waals surface area contributed by atoms with Crippen LogP contribution in [0.15, 0.2) is 42.1 Å². The number of carboxylic acid groups (broad SMARTS) is 1. The van der Waals surface area contributed by atoms with Gasteiger partial charge in [-0.25, -0.2) is 9.78 Å². The second-order valence-electron chi connectivity index (χ2n) is 11.6. The third-order valence-corrected chi connectivity index (χ3v) is 8.29. The van der Waals surface area contributed by atoms with Crippen LogP contribution < -0.4 is 9.64 Å². The average molecular weight is 535 g/mol. The van der Waals surface area contributed by atoms with Crippen LogP contribution in [0.2, 0.25) is 0 Å². The first-order valence-corrected chi connectivity index (χ1v) is 14.3. The van der Waals surface area contributed by atoms with Crippen molar-refractivity contribution in [1.29, 1.82) is 0 Å². The number of nitrogens with zero attached hydrogens (tertiary/aromatic N) is 2.